The van der Waals surface area contributed by atoms with Crippen LogP contribution in [0.25, 0.3) is 0 Å². The van der Waals surface area contributed by atoms with E-state index in [0.717, 1.165) is 30.4 Å². The molecule has 6 nitrogen and oxygen atoms in total. The zero-order valence-electron chi connectivity index (χ0n) is 18.6. The molecule has 0 radical (unpaired) electrons. The van der Waals surface area contributed by atoms with Gasteiger partial charge in [-0.05, 0) is 67.1 Å². The zero-order chi connectivity index (χ0) is 22.9. The van der Waals surface area contributed by atoms with Gasteiger partial charge in [-0.2, -0.15) is 4.31 Å². The summed E-state index contributed by atoms with van der Waals surface area (Å²) in [5.41, 5.74) is 3.13. The number of likely N-dealkylation sites (N-methyl/N-ethyl adjacent to an activating group) is 1. The molecule has 4 rings (SSSR count). The monoisotopic (exact) mass is 459 g/mol. The van der Waals surface area contributed by atoms with Crippen LogP contribution < -0.4 is 0 Å². The molecule has 2 aliphatic rings. The summed E-state index contributed by atoms with van der Waals surface area (Å²) in [6.45, 7) is 3.85. The van der Waals surface area contributed by atoms with E-state index in [1.165, 1.54) is 22.0 Å². The van der Waals surface area contributed by atoms with Crippen LogP contribution in [0.5, 0.6) is 0 Å². The molecule has 1 aliphatic heterocycles. The van der Waals surface area contributed by atoms with Crippen molar-refractivity contribution in [2.24, 2.45) is 0 Å². The number of fused-ring (bicyclic) bond motifs is 1. The molecule has 0 spiro atoms. The van der Waals surface area contributed by atoms with Gasteiger partial charge in [0.15, 0.2) is 0 Å². The first kappa shape index (κ1) is 22.9. The third-order valence-electron chi connectivity index (χ3n) is 6.57. The minimum atomic E-state index is -3.54. The molecule has 2 aromatic rings. The first-order valence-electron chi connectivity index (χ1n) is 11.1. The minimum Gasteiger partial charge on any atom is -0.340 e. The van der Waals surface area contributed by atoms with E-state index in [0.29, 0.717) is 37.6 Å². The average molecular weight is 460 g/mol. The maximum absolute atomic E-state index is 13.4. The molecule has 1 aliphatic carbocycles. The second-order valence-corrected chi connectivity index (χ2v) is 10.7. The van der Waals surface area contributed by atoms with Crippen LogP contribution >= 0.6 is 0 Å². The number of sulfonamides is 1. The molecule has 1 amide bonds. The highest BCUT2D eigenvalue weighted by atomic mass is 32.2. The number of rotatable bonds is 6. The van der Waals surface area contributed by atoms with Crippen molar-refractivity contribution in [2.75, 3.05) is 33.2 Å². The lowest BCUT2D eigenvalue weighted by molar-refractivity contribution is -0.136. The van der Waals surface area contributed by atoms with Gasteiger partial charge in [0.05, 0.1) is 10.9 Å². The van der Waals surface area contributed by atoms with Crippen LogP contribution in [0.4, 0.5) is 4.39 Å². The van der Waals surface area contributed by atoms with Gasteiger partial charge in [0, 0.05) is 39.8 Å². The molecule has 0 unspecified atom stereocenters. The van der Waals surface area contributed by atoms with Crippen molar-refractivity contribution in [1.29, 1.82) is 0 Å². The van der Waals surface area contributed by atoms with E-state index >= 15 is 0 Å². The van der Waals surface area contributed by atoms with Crippen molar-refractivity contribution in [3.8, 4) is 0 Å². The van der Waals surface area contributed by atoms with Crippen molar-refractivity contribution < 1.29 is 17.6 Å². The van der Waals surface area contributed by atoms with E-state index in [2.05, 4.69) is 0 Å². The fourth-order valence-corrected chi connectivity index (χ4v) is 6.12. The number of aryl methyl sites for hydroxylation is 2. The molecule has 1 saturated heterocycles. The Balaban J connectivity index is 1.35. The molecular formula is C24H30FN3O3S. The third-order valence-corrected chi connectivity index (χ3v) is 8.47. The van der Waals surface area contributed by atoms with Gasteiger partial charge in [0.25, 0.3) is 0 Å². The third kappa shape index (κ3) is 4.72. The lowest BCUT2D eigenvalue weighted by atomic mass is 10.1. The maximum atomic E-state index is 13.4. The summed E-state index contributed by atoms with van der Waals surface area (Å²) in [7, 11) is -1.83. The Morgan fingerprint density at radius 2 is 1.78 bits per heavy atom. The van der Waals surface area contributed by atoms with Gasteiger partial charge in [-0.1, -0.05) is 18.2 Å². The topological polar surface area (TPSA) is 60.9 Å². The molecule has 2 aromatic carbocycles. The number of piperazine rings is 1. The first-order chi connectivity index (χ1) is 15.3. The van der Waals surface area contributed by atoms with Crippen molar-refractivity contribution >= 4 is 15.9 Å². The van der Waals surface area contributed by atoms with Crippen LogP contribution in [0, 0.1) is 5.82 Å². The predicted molar refractivity (Wildman–Crippen MR) is 121 cm³/mol. The second-order valence-electron chi connectivity index (χ2n) is 8.72. The molecule has 1 fully saturated rings. The normalized spacial score (nSPS) is 18.3. The van der Waals surface area contributed by atoms with E-state index in [1.54, 1.807) is 30.1 Å². The SMILES string of the molecule is C[C@@H](C(=O)N(C)Cc1cccc(F)c1)N1CCN(S(=O)(=O)c2ccc3c(c2)CCC3)CC1. The quantitative estimate of drug-likeness (QED) is 0.667. The van der Waals surface area contributed by atoms with Crippen molar-refractivity contribution in [1.82, 2.24) is 14.1 Å². The summed E-state index contributed by atoms with van der Waals surface area (Å²) in [5.74, 6) is -0.388. The van der Waals surface area contributed by atoms with Crippen LogP contribution in [0.15, 0.2) is 47.4 Å². The molecule has 8 heteroatoms. The van der Waals surface area contributed by atoms with Crippen LogP contribution in [-0.4, -0.2) is 67.7 Å². The number of amides is 1. The first-order valence-corrected chi connectivity index (χ1v) is 12.5. The van der Waals surface area contributed by atoms with Crippen LogP contribution in [0.3, 0.4) is 0 Å². The summed E-state index contributed by atoms with van der Waals surface area (Å²) in [6, 6.07) is 11.4. The average Bonchev–Trinajstić information content (AvgIpc) is 3.26. The Morgan fingerprint density at radius 1 is 1.06 bits per heavy atom. The Morgan fingerprint density at radius 3 is 2.50 bits per heavy atom. The standard InChI is InChI=1S/C24H30FN3O3S/c1-18(24(29)26(2)17-19-5-3-8-22(25)15-19)27-11-13-28(14-12-27)32(30,31)23-10-9-20-6-4-7-21(20)16-23/h3,5,8-10,15-16,18H,4,6-7,11-14,17H2,1-2H3/t18-/m0/s1. The smallest absolute Gasteiger partial charge is 0.243 e. The van der Waals surface area contributed by atoms with Crippen molar-refractivity contribution in [3.63, 3.8) is 0 Å². The number of hydrogen-bond acceptors (Lipinski definition) is 4. The molecule has 32 heavy (non-hydrogen) atoms. The van der Waals surface area contributed by atoms with Gasteiger partial charge in [-0.15, -0.1) is 0 Å². The van der Waals surface area contributed by atoms with Gasteiger partial charge in [0.1, 0.15) is 5.82 Å². The van der Waals surface area contributed by atoms with E-state index in [-0.39, 0.29) is 17.8 Å². The van der Waals surface area contributed by atoms with Crippen molar-refractivity contribution in [3.05, 3.63) is 65.0 Å². The van der Waals surface area contributed by atoms with E-state index in [4.69, 9.17) is 0 Å². The minimum absolute atomic E-state index is 0.0656. The molecule has 0 saturated carbocycles. The Labute approximate surface area is 189 Å². The number of benzene rings is 2. The fraction of sp³-hybridized carbons (Fsp3) is 0.458. The number of hydrogen-bond donors (Lipinski definition) is 0. The highest BCUT2D eigenvalue weighted by Crippen LogP contribution is 2.27. The van der Waals surface area contributed by atoms with Gasteiger partial charge in [0.2, 0.25) is 15.9 Å². The number of halogens is 1. The van der Waals surface area contributed by atoms with Gasteiger partial charge in [-0.3, -0.25) is 9.69 Å². The Bertz CT molecular complexity index is 1100. The van der Waals surface area contributed by atoms with Crippen LogP contribution in [-0.2, 0) is 34.2 Å². The van der Waals surface area contributed by atoms with Crippen LogP contribution in [0.2, 0.25) is 0 Å². The molecule has 0 N–H and O–H groups in total. The lowest BCUT2D eigenvalue weighted by Crippen LogP contribution is -2.54. The molecular weight excluding hydrogens is 429 g/mol. The van der Waals surface area contributed by atoms with E-state index in [9.17, 15) is 17.6 Å². The molecule has 0 aromatic heterocycles. The summed E-state index contributed by atoms with van der Waals surface area (Å²) < 4.78 is 41.2. The number of carbonyl (C=O) groups is 1. The van der Waals surface area contributed by atoms with Gasteiger partial charge < -0.3 is 4.90 Å². The molecule has 1 heterocycles. The zero-order valence-corrected chi connectivity index (χ0v) is 19.4. The highest BCUT2D eigenvalue weighted by Gasteiger charge is 2.33. The van der Waals surface area contributed by atoms with E-state index in [1.807, 2.05) is 24.0 Å². The van der Waals surface area contributed by atoms with Crippen molar-refractivity contribution in [2.45, 2.75) is 43.7 Å². The predicted octanol–water partition coefficient (Wildman–Crippen LogP) is 2.67. The fourth-order valence-electron chi connectivity index (χ4n) is 4.65. The summed E-state index contributed by atoms with van der Waals surface area (Å²) in [6.07, 6.45) is 3.04. The summed E-state index contributed by atoms with van der Waals surface area (Å²) >= 11 is 0. The second kappa shape index (κ2) is 9.29. The Hall–Kier alpha value is -2.29. The molecule has 1 atom stereocenters. The highest BCUT2D eigenvalue weighted by molar-refractivity contribution is 7.89. The van der Waals surface area contributed by atoms with E-state index < -0.39 is 10.0 Å². The summed E-state index contributed by atoms with van der Waals surface area (Å²) in [5, 5.41) is 0. The maximum Gasteiger partial charge on any atom is 0.243 e. The molecule has 0 bridgehead atoms. The Kier molecular flexibility index (Phi) is 6.65. The summed E-state index contributed by atoms with van der Waals surface area (Å²) in [4.78, 5) is 16.9. The number of carbonyl (C=O) groups excluding carboxylic acids is 1. The largest absolute Gasteiger partial charge is 0.340 e. The molecule has 172 valence electrons. The van der Waals surface area contributed by atoms with Gasteiger partial charge in [-0.25, -0.2) is 12.8 Å². The van der Waals surface area contributed by atoms with Gasteiger partial charge >= 0.3 is 0 Å². The van der Waals surface area contributed by atoms with Crippen LogP contribution in [0.1, 0.15) is 30.0 Å². The lowest BCUT2D eigenvalue weighted by Gasteiger charge is -2.38. The number of nitrogens with zero attached hydrogens (tertiary/aromatic N) is 3.